The van der Waals surface area contributed by atoms with E-state index in [2.05, 4.69) is 5.32 Å². The van der Waals surface area contributed by atoms with Gasteiger partial charge in [0.05, 0.1) is 30.1 Å². The molecule has 1 aliphatic rings. The van der Waals surface area contributed by atoms with Gasteiger partial charge < -0.3 is 10.1 Å². The molecule has 1 aromatic heterocycles. The Balaban J connectivity index is 1.51. The van der Waals surface area contributed by atoms with Gasteiger partial charge >= 0.3 is 5.69 Å². The van der Waals surface area contributed by atoms with E-state index in [0.717, 1.165) is 29.5 Å². The maximum atomic E-state index is 13.7. The fourth-order valence-electron chi connectivity index (χ4n) is 4.89. The fraction of sp³-hybridized carbons (Fsp3) is 0.300. The lowest BCUT2D eigenvalue weighted by Gasteiger charge is -2.18. The smallest absolute Gasteiger partial charge is 0.331 e. The second kappa shape index (κ2) is 11.0. The molecule has 5 rings (SSSR count). The zero-order valence-electron chi connectivity index (χ0n) is 21.0. The van der Waals surface area contributed by atoms with Crippen molar-refractivity contribution in [1.82, 2.24) is 14.5 Å². The van der Waals surface area contributed by atoms with Crippen molar-refractivity contribution in [3.63, 3.8) is 0 Å². The predicted molar refractivity (Wildman–Crippen MR) is 144 cm³/mol. The monoisotopic (exact) mass is 497 g/mol. The molecule has 3 aromatic carbocycles. The van der Waals surface area contributed by atoms with Crippen LogP contribution >= 0.6 is 0 Å². The molecule has 0 aliphatic carbocycles. The molecule has 0 radical (unpaired) electrons. The third-order valence-corrected chi connectivity index (χ3v) is 7.03. The molecule has 190 valence electrons. The van der Waals surface area contributed by atoms with E-state index >= 15 is 0 Å². The molecule has 0 bridgehead atoms. The molecule has 1 atom stereocenters. The molecule has 4 aromatic rings. The van der Waals surface area contributed by atoms with Gasteiger partial charge in [-0.15, -0.1) is 0 Å². The van der Waals surface area contributed by atoms with Crippen LogP contribution in [0.5, 0.6) is 0 Å². The fourth-order valence-corrected chi connectivity index (χ4v) is 4.89. The zero-order chi connectivity index (χ0) is 25.8. The molecule has 0 spiro atoms. The van der Waals surface area contributed by atoms with Crippen molar-refractivity contribution in [1.29, 1.82) is 0 Å². The van der Waals surface area contributed by atoms with Crippen molar-refractivity contribution in [3.8, 4) is 0 Å². The average Bonchev–Trinajstić information content (AvgIpc) is 3.43. The molecule has 1 unspecified atom stereocenters. The number of carbonyl (C=O) groups is 1. The number of rotatable bonds is 8. The first-order valence-electron chi connectivity index (χ1n) is 12.8. The summed E-state index contributed by atoms with van der Waals surface area (Å²) in [6, 6.07) is 22.8. The number of benzene rings is 3. The summed E-state index contributed by atoms with van der Waals surface area (Å²) in [7, 11) is 0. The number of ether oxygens (including phenoxy) is 1. The second-order valence-electron chi connectivity index (χ2n) is 9.57. The minimum absolute atomic E-state index is 0.149. The Morgan fingerprint density at radius 1 is 1.00 bits per heavy atom. The molecule has 1 amide bonds. The highest BCUT2D eigenvalue weighted by atomic mass is 16.5. The van der Waals surface area contributed by atoms with Crippen molar-refractivity contribution in [2.75, 3.05) is 13.2 Å². The van der Waals surface area contributed by atoms with Crippen LogP contribution in [-0.4, -0.2) is 34.3 Å². The Morgan fingerprint density at radius 2 is 1.78 bits per heavy atom. The molecule has 37 heavy (non-hydrogen) atoms. The largest absolute Gasteiger partial charge is 0.376 e. The Morgan fingerprint density at radius 3 is 2.54 bits per heavy atom. The third kappa shape index (κ3) is 5.42. The number of carbonyl (C=O) groups excluding carboxylic acids is 1. The van der Waals surface area contributed by atoms with E-state index in [1.165, 1.54) is 4.57 Å². The van der Waals surface area contributed by atoms with Crippen molar-refractivity contribution in [2.24, 2.45) is 0 Å². The molecular formula is C30H31N3O4. The average molecular weight is 498 g/mol. The molecule has 0 saturated carbocycles. The Kier molecular flexibility index (Phi) is 7.32. The van der Waals surface area contributed by atoms with Crippen LogP contribution in [0.3, 0.4) is 0 Å². The number of aryl methyl sites for hydroxylation is 1. The van der Waals surface area contributed by atoms with E-state index in [9.17, 15) is 14.4 Å². The van der Waals surface area contributed by atoms with E-state index in [1.54, 1.807) is 22.8 Å². The lowest BCUT2D eigenvalue weighted by atomic mass is 10.1. The van der Waals surface area contributed by atoms with Crippen molar-refractivity contribution in [2.45, 2.75) is 45.4 Å². The van der Waals surface area contributed by atoms with Crippen LogP contribution in [0.25, 0.3) is 10.9 Å². The number of fused-ring (bicyclic) bond motifs is 1. The van der Waals surface area contributed by atoms with E-state index in [4.69, 9.17) is 4.74 Å². The van der Waals surface area contributed by atoms with Gasteiger partial charge in [-0.05, 0) is 61.1 Å². The standard InChI is InChI=1S/C30H31N3O4/c1-21-8-5-6-11-24(21)19-32-27-18-23(28(34)31-16-15-22-9-3-2-4-10-22)13-14-26(27)29(35)33(30(32)36)20-25-12-7-17-37-25/h2-6,8-11,13-14,18,25H,7,12,15-17,19-20H2,1H3,(H,31,34). The molecule has 7 heteroatoms. The van der Waals surface area contributed by atoms with E-state index in [-0.39, 0.29) is 24.1 Å². The topological polar surface area (TPSA) is 82.3 Å². The van der Waals surface area contributed by atoms with Gasteiger partial charge in [0.2, 0.25) is 0 Å². The van der Waals surface area contributed by atoms with Gasteiger partial charge in [0, 0.05) is 18.7 Å². The molecule has 1 aliphatic heterocycles. The minimum Gasteiger partial charge on any atom is -0.376 e. The van der Waals surface area contributed by atoms with Crippen LogP contribution in [0.4, 0.5) is 0 Å². The van der Waals surface area contributed by atoms with Gasteiger partial charge in [-0.25, -0.2) is 4.79 Å². The highest BCUT2D eigenvalue weighted by Crippen LogP contribution is 2.17. The third-order valence-electron chi connectivity index (χ3n) is 7.03. The van der Waals surface area contributed by atoms with Crippen molar-refractivity contribution >= 4 is 16.8 Å². The van der Waals surface area contributed by atoms with E-state index < -0.39 is 5.69 Å². The first kappa shape index (κ1) is 24.7. The summed E-state index contributed by atoms with van der Waals surface area (Å²) in [5.41, 5.74) is 3.29. The summed E-state index contributed by atoms with van der Waals surface area (Å²) in [4.78, 5) is 40.1. The molecule has 1 fully saturated rings. The molecule has 2 heterocycles. The maximum Gasteiger partial charge on any atom is 0.331 e. The van der Waals surface area contributed by atoms with Crippen LogP contribution < -0.4 is 16.6 Å². The number of amides is 1. The molecule has 7 nitrogen and oxygen atoms in total. The van der Waals surface area contributed by atoms with Crippen LogP contribution in [0.1, 0.15) is 39.9 Å². The number of nitrogens with one attached hydrogen (secondary N) is 1. The summed E-state index contributed by atoms with van der Waals surface area (Å²) in [5, 5.41) is 3.36. The van der Waals surface area contributed by atoms with E-state index in [0.29, 0.717) is 42.6 Å². The number of hydrogen-bond acceptors (Lipinski definition) is 4. The highest BCUT2D eigenvalue weighted by Gasteiger charge is 2.21. The first-order chi connectivity index (χ1) is 18.0. The summed E-state index contributed by atoms with van der Waals surface area (Å²) in [5.74, 6) is -0.240. The summed E-state index contributed by atoms with van der Waals surface area (Å²) in [6.45, 7) is 3.65. The number of aromatic nitrogens is 2. The highest BCUT2D eigenvalue weighted by molar-refractivity contribution is 5.97. The maximum absolute atomic E-state index is 13.7. The normalized spacial score (nSPS) is 15.2. The number of hydrogen-bond donors (Lipinski definition) is 1. The Labute approximate surface area is 215 Å². The summed E-state index contributed by atoms with van der Waals surface area (Å²) >= 11 is 0. The lowest BCUT2D eigenvalue weighted by molar-refractivity contribution is 0.0948. The van der Waals surface area contributed by atoms with Gasteiger partial charge in [0.1, 0.15) is 0 Å². The predicted octanol–water partition coefficient (Wildman–Crippen LogP) is 3.67. The van der Waals surface area contributed by atoms with Crippen LogP contribution in [0, 0.1) is 6.92 Å². The quantitative estimate of drug-likeness (QED) is 0.403. The van der Waals surface area contributed by atoms with E-state index in [1.807, 2.05) is 61.5 Å². The van der Waals surface area contributed by atoms with Crippen LogP contribution in [0.15, 0.2) is 82.4 Å². The minimum atomic E-state index is -0.391. The second-order valence-corrected chi connectivity index (χ2v) is 9.57. The van der Waals surface area contributed by atoms with Gasteiger partial charge in [-0.2, -0.15) is 0 Å². The number of nitrogens with zero attached hydrogens (tertiary/aromatic N) is 2. The van der Waals surface area contributed by atoms with Crippen LogP contribution in [0.2, 0.25) is 0 Å². The summed E-state index contributed by atoms with van der Waals surface area (Å²) in [6.07, 6.45) is 2.31. The first-order valence-corrected chi connectivity index (χ1v) is 12.8. The van der Waals surface area contributed by atoms with Crippen molar-refractivity contribution in [3.05, 3.63) is 116 Å². The Bertz CT molecular complexity index is 1530. The molecular weight excluding hydrogens is 466 g/mol. The van der Waals surface area contributed by atoms with Gasteiger partial charge in [0.25, 0.3) is 11.5 Å². The molecule has 1 saturated heterocycles. The molecule has 1 N–H and O–H groups in total. The summed E-state index contributed by atoms with van der Waals surface area (Å²) < 4.78 is 8.61. The van der Waals surface area contributed by atoms with Gasteiger partial charge in [0.15, 0.2) is 0 Å². The van der Waals surface area contributed by atoms with Gasteiger partial charge in [-0.1, -0.05) is 54.6 Å². The lowest BCUT2D eigenvalue weighted by Crippen LogP contribution is -2.42. The SMILES string of the molecule is Cc1ccccc1Cn1c(=O)n(CC2CCCO2)c(=O)c2ccc(C(=O)NCCc3ccccc3)cc21. The van der Waals surface area contributed by atoms with Crippen molar-refractivity contribution < 1.29 is 9.53 Å². The zero-order valence-corrected chi connectivity index (χ0v) is 21.0. The van der Waals surface area contributed by atoms with Crippen LogP contribution in [-0.2, 0) is 24.2 Å². The van der Waals surface area contributed by atoms with Gasteiger partial charge in [-0.3, -0.25) is 18.7 Å². The Hall–Kier alpha value is -3.97.